The van der Waals surface area contributed by atoms with Gasteiger partial charge in [-0.05, 0) is 61.1 Å². The Morgan fingerprint density at radius 2 is 2.21 bits per heavy atom. The van der Waals surface area contributed by atoms with Crippen LogP contribution in [0.2, 0.25) is 0 Å². The maximum absolute atomic E-state index is 14.5. The minimum Gasteiger partial charge on any atom is -0.495 e. The number of halogens is 1. The van der Waals surface area contributed by atoms with E-state index in [1.807, 2.05) is 35.9 Å². The molecule has 2 unspecified atom stereocenters. The first kappa shape index (κ1) is 20.3. The smallest absolute Gasteiger partial charge is 0.237 e. The Morgan fingerprint density at radius 1 is 1.30 bits per heavy atom. The molecule has 2 aromatic rings. The fraction of sp³-hybridized carbons (Fsp3) is 0.385. The molecular formula is C26H27FN4O2. The van der Waals surface area contributed by atoms with Gasteiger partial charge in [0.05, 0.1) is 24.8 Å². The number of alkyl halides is 1. The Kier molecular flexibility index (Phi) is 4.67. The lowest BCUT2D eigenvalue weighted by Gasteiger charge is -2.39. The Morgan fingerprint density at radius 3 is 3.03 bits per heavy atom. The Bertz CT molecular complexity index is 1240. The number of hydrogen-bond acceptors (Lipinski definition) is 5. The molecule has 33 heavy (non-hydrogen) atoms. The van der Waals surface area contributed by atoms with Gasteiger partial charge in [0.1, 0.15) is 11.9 Å². The van der Waals surface area contributed by atoms with Crippen LogP contribution in [0.25, 0.3) is 11.8 Å². The van der Waals surface area contributed by atoms with Crippen LogP contribution in [-0.2, 0) is 4.84 Å². The maximum Gasteiger partial charge on any atom is 0.237 e. The molecule has 1 spiro atoms. The van der Waals surface area contributed by atoms with Crippen molar-refractivity contribution in [2.24, 2.45) is 5.16 Å². The van der Waals surface area contributed by atoms with Crippen molar-refractivity contribution in [3.63, 3.8) is 0 Å². The fourth-order valence-electron chi connectivity index (χ4n) is 5.54. The number of hydrogen-bond donors (Lipinski definition) is 0. The zero-order chi connectivity index (χ0) is 22.6. The maximum atomic E-state index is 14.5. The van der Waals surface area contributed by atoms with Gasteiger partial charge in [0, 0.05) is 31.2 Å². The number of aryl methyl sites for hydroxylation is 1. The third kappa shape index (κ3) is 3.13. The molecule has 1 saturated heterocycles. The highest BCUT2D eigenvalue weighted by molar-refractivity contribution is 6.04. The largest absolute Gasteiger partial charge is 0.495 e. The molecule has 1 aromatic heterocycles. The number of benzene rings is 1. The van der Waals surface area contributed by atoms with Crippen molar-refractivity contribution in [1.82, 2.24) is 14.5 Å². The second-order valence-corrected chi connectivity index (χ2v) is 9.11. The molecule has 0 radical (unpaired) electrons. The van der Waals surface area contributed by atoms with E-state index >= 15 is 0 Å². The van der Waals surface area contributed by atoms with Crippen LogP contribution in [0.3, 0.4) is 0 Å². The second kappa shape index (κ2) is 7.61. The van der Waals surface area contributed by atoms with Gasteiger partial charge in [0.15, 0.2) is 5.84 Å². The van der Waals surface area contributed by atoms with Gasteiger partial charge in [-0.2, -0.15) is 0 Å². The summed E-state index contributed by atoms with van der Waals surface area (Å²) in [6.07, 6.45) is 12.9. The average molecular weight is 447 g/mol. The molecule has 0 bridgehead atoms. The number of nitrogens with zero attached hydrogens (tertiary/aromatic N) is 4. The van der Waals surface area contributed by atoms with Crippen molar-refractivity contribution in [3.8, 4) is 11.4 Å². The molecular weight excluding hydrogens is 419 g/mol. The van der Waals surface area contributed by atoms with E-state index < -0.39 is 11.9 Å². The van der Waals surface area contributed by atoms with Crippen LogP contribution in [-0.4, -0.2) is 45.8 Å². The van der Waals surface area contributed by atoms with Gasteiger partial charge < -0.3 is 19.0 Å². The summed E-state index contributed by atoms with van der Waals surface area (Å²) in [7, 11) is 1.68. The summed E-state index contributed by atoms with van der Waals surface area (Å²) in [6, 6.07) is 6.17. The number of rotatable bonds is 3. The van der Waals surface area contributed by atoms with E-state index in [4.69, 9.17) is 9.57 Å². The quantitative estimate of drug-likeness (QED) is 0.659. The first-order valence-electron chi connectivity index (χ1n) is 11.6. The number of aromatic nitrogens is 2. The van der Waals surface area contributed by atoms with E-state index in [-0.39, 0.29) is 0 Å². The highest BCUT2D eigenvalue weighted by Crippen LogP contribution is 2.50. The number of fused-ring (bicyclic) bond motifs is 3. The zero-order valence-corrected chi connectivity index (χ0v) is 18.9. The second-order valence-electron chi connectivity index (χ2n) is 9.11. The number of allylic oxidation sites excluding steroid dienone is 2. The molecule has 3 heterocycles. The highest BCUT2D eigenvalue weighted by Gasteiger charge is 2.54. The van der Waals surface area contributed by atoms with Gasteiger partial charge in [0.2, 0.25) is 5.72 Å². The van der Waals surface area contributed by atoms with Crippen LogP contribution in [0.4, 0.5) is 4.39 Å². The highest BCUT2D eigenvalue weighted by atomic mass is 19.1. The number of ether oxygens (including phenoxy) is 1. The lowest BCUT2D eigenvalue weighted by Crippen LogP contribution is -2.50. The molecule has 0 N–H and O–H groups in total. The standard InChI is InChI=1S/C26H27FN4O2/c1-17-15-30(16-28-17)23-9-8-18(14-24(23)32-2)13-19-5-4-12-31-25(19)29-33-26(31)11-10-20-21(26)6-3-7-22(20)27/h3,6,8-9,13-16,22H,4-5,7,10-12H2,1-2H3/b19-13+. The molecule has 1 fully saturated rings. The van der Waals surface area contributed by atoms with Gasteiger partial charge in [-0.3, -0.25) is 0 Å². The van der Waals surface area contributed by atoms with Gasteiger partial charge in [-0.1, -0.05) is 23.4 Å². The molecule has 4 aliphatic rings. The number of amidine groups is 1. The molecule has 6 rings (SSSR count). The van der Waals surface area contributed by atoms with Crippen molar-refractivity contribution in [3.05, 3.63) is 70.9 Å². The summed E-state index contributed by atoms with van der Waals surface area (Å²) in [5.74, 6) is 1.65. The minimum absolute atomic E-state index is 0.463. The summed E-state index contributed by atoms with van der Waals surface area (Å²) in [4.78, 5) is 12.7. The number of imidazole rings is 1. The molecule has 1 aromatic carbocycles. The summed E-state index contributed by atoms with van der Waals surface area (Å²) < 4.78 is 22.2. The monoisotopic (exact) mass is 446 g/mol. The summed E-state index contributed by atoms with van der Waals surface area (Å²) in [5, 5.41) is 4.54. The predicted octanol–water partition coefficient (Wildman–Crippen LogP) is 5.10. The van der Waals surface area contributed by atoms with E-state index in [0.29, 0.717) is 6.42 Å². The first-order chi connectivity index (χ1) is 16.1. The van der Waals surface area contributed by atoms with Crippen molar-refractivity contribution in [1.29, 1.82) is 0 Å². The number of piperidine rings is 1. The van der Waals surface area contributed by atoms with Gasteiger partial charge >= 0.3 is 0 Å². The predicted molar refractivity (Wildman–Crippen MR) is 125 cm³/mol. The van der Waals surface area contributed by atoms with Gasteiger partial charge in [0.25, 0.3) is 0 Å². The normalized spacial score (nSPS) is 27.1. The van der Waals surface area contributed by atoms with Crippen molar-refractivity contribution < 1.29 is 14.0 Å². The molecule has 2 atom stereocenters. The topological polar surface area (TPSA) is 51.9 Å². The molecule has 0 saturated carbocycles. The number of methoxy groups -OCH3 is 1. The Balaban J connectivity index is 1.32. The van der Waals surface area contributed by atoms with E-state index in [9.17, 15) is 4.39 Å². The van der Waals surface area contributed by atoms with Crippen LogP contribution in [0, 0.1) is 6.92 Å². The third-order valence-electron chi connectivity index (χ3n) is 7.13. The summed E-state index contributed by atoms with van der Waals surface area (Å²) >= 11 is 0. The SMILES string of the molecule is COc1cc(/C=C2\CCCN3C2=NOC32CCC3=C2C=CCC3F)ccc1-n1cnc(C)c1. The van der Waals surface area contributed by atoms with E-state index in [2.05, 4.69) is 33.3 Å². The minimum atomic E-state index is -0.901. The van der Waals surface area contributed by atoms with E-state index in [1.54, 1.807) is 13.4 Å². The molecule has 2 aliphatic carbocycles. The van der Waals surface area contributed by atoms with Crippen LogP contribution < -0.4 is 4.74 Å². The van der Waals surface area contributed by atoms with Gasteiger partial charge in [-0.25, -0.2) is 9.37 Å². The van der Waals surface area contributed by atoms with Crippen LogP contribution >= 0.6 is 0 Å². The molecule has 0 amide bonds. The van der Waals surface area contributed by atoms with Crippen LogP contribution in [0.15, 0.2) is 64.8 Å². The Labute approximate surface area is 192 Å². The van der Waals surface area contributed by atoms with Crippen LogP contribution in [0.1, 0.15) is 43.4 Å². The molecule has 170 valence electrons. The average Bonchev–Trinajstić information content (AvgIpc) is 3.54. The van der Waals surface area contributed by atoms with Crippen molar-refractivity contribution in [2.45, 2.75) is 50.9 Å². The molecule has 6 nitrogen and oxygen atoms in total. The summed E-state index contributed by atoms with van der Waals surface area (Å²) in [6.45, 7) is 2.83. The third-order valence-corrected chi connectivity index (χ3v) is 7.13. The van der Waals surface area contributed by atoms with Crippen LogP contribution in [0.5, 0.6) is 5.75 Å². The van der Waals surface area contributed by atoms with Crippen molar-refractivity contribution in [2.75, 3.05) is 13.7 Å². The number of oxime groups is 1. The molecule has 2 aliphatic heterocycles. The zero-order valence-electron chi connectivity index (χ0n) is 18.9. The lowest BCUT2D eigenvalue weighted by molar-refractivity contribution is -0.0656. The van der Waals surface area contributed by atoms with Gasteiger partial charge in [-0.15, -0.1) is 0 Å². The molecule has 7 heteroatoms. The van der Waals surface area contributed by atoms with E-state index in [1.165, 1.54) is 0 Å². The Hall–Kier alpha value is -3.35. The lowest BCUT2D eigenvalue weighted by atomic mass is 9.92. The summed E-state index contributed by atoms with van der Waals surface area (Å²) in [5.41, 5.74) is 5.30. The fourth-order valence-corrected chi connectivity index (χ4v) is 5.54. The van der Waals surface area contributed by atoms with E-state index in [0.717, 1.165) is 77.5 Å². The first-order valence-corrected chi connectivity index (χ1v) is 11.6. The van der Waals surface area contributed by atoms with Crippen molar-refractivity contribution >= 4 is 11.9 Å².